The maximum atomic E-state index is 13.9. The second-order valence-electron chi connectivity index (χ2n) is 18.8. The lowest BCUT2D eigenvalue weighted by molar-refractivity contribution is -0.144. The molecule has 70 heavy (non-hydrogen) atoms. The van der Waals surface area contributed by atoms with Crippen molar-refractivity contribution in [2.24, 2.45) is 5.41 Å². The van der Waals surface area contributed by atoms with Gasteiger partial charge in [0.05, 0.1) is 35.2 Å². The van der Waals surface area contributed by atoms with Crippen LogP contribution < -0.4 is 25.2 Å². The summed E-state index contributed by atoms with van der Waals surface area (Å²) >= 11 is 0. The highest BCUT2D eigenvalue weighted by Crippen LogP contribution is 2.40. The molecule has 1 aromatic heterocycles. The zero-order chi connectivity index (χ0) is 50.4. The third-order valence-electron chi connectivity index (χ3n) is 12.3. The number of carbonyl (C=O) groups is 5. The number of benzene rings is 4. The van der Waals surface area contributed by atoms with Gasteiger partial charge in [0.1, 0.15) is 30.0 Å². The number of aromatic nitrogens is 2. The number of halogens is 3. The molecule has 2 fully saturated rings. The molecule has 0 saturated carbocycles. The number of alkyl halides is 3. The Morgan fingerprint density at radius 1 is 0.886 bits per heavy atom. The minimum Gasteiger partial charge on any atom is -0.494 e. The molecule has 18 heteroatoms. The van der Waals surface area contributed by atoms with Crippen molar-refractivity contribution in [1.29, 1.82) is 5.26 Å². The van der Waals surface area contributed by atoms with Crippen LogP contribution in [-0.2, 0) is 36.6 Å². The number of nitriles is 1. The number of imide groups is 1. The standard InChI is InChI=1S/C52H55F3N8O7/c1-50(2,3)45(47(66)61-26-8-9-43(61)46(65)57-31-33-10-12-36(13-11-33)42-24-25-58-60-42)59-44(64)32-69-27-6-7-28-70-40-22-17-35(18-23-40)34-14-19-38(20-15-34)63-49(68)62(48(67)51(63,4)5)39-21-16-37(30-56)41(29-39)52(53,54)55/h10-25,29,43,45H,6-9,26-28,31-32H2,1-5H3,(H,57,65)(H,58,60)(H,59,64)/t43-,45?/m0/s1. The molecular weight excluding hydrogens is 906 g/mol. The number of hydrogen-bond donors (Lipinski definition) is 3. The molecule has 7 rings (SSSR count). The van der Waals surface area contributed by atoms with Crippen molar-refractivity contribution in [1.82, 2.24) is 25.7 Å². The van der Waals surface area contributed by atoms with E-state index in [2.05, 4.69) is 20.8 Å². The Balaban J connectivity index is 0.833. The van der Waals surface area contributed by atoms with Crippen LogP contribution >= 0.6 is 0 Å². The predicted octanol–water partition coefficient (Wildman–Crippen LogP) is 8.40. The van der Waals surface area contributed by atoms with Crippen molar-refractivity contribution in [2.45, 2.75) is 90.6 Å². The maximum Gasteiger partial charge on any atom is 0.417 e. The summed E-state index contributed by atoms with van der Waals surface area (Å²) in [5.74, 6) is -1.07. The highest BCUT2D eigenvalue weighted by molar-refractivity contribution is 6.30. The molecule has 2 aliphatic rings. The molecule has 0 spiro atoms. The van der Waals surface area contributed by atoms with E-state index in [0.717, 1.165) is 40.1 Å². The molecule has 1 unspecified atom stereocenters. The molecule has 3 heterocycles. The molecule has 6 amide bonds. The predicted molar refractivity (Wildman–Crippen MR) is 255 cm³/mol. The van der Waals surface area contributed by atoms with Crippen molar-refractivity contribution < 1.29 is 46.6 Å². The largest absolute Gasteiger partial charge is 0.494 e. The quantitative estimate of drug-likeness (QED) is 0.0607. The number of aromatic amines is 1. The van der Waals surface area contributed by atoms with E-state index < -0.39 is 58.2 Å². The summed E-state index contributed by atoms with van der Waals surface area (Å²) in [5.41, 5.74) is 0.574. The van der Waals surface area contributed by atoms with Crippen LogP contribution in [0.15, 0.2) is 103 Å². The zero-order valence-electron chi connectivity index (χ0n) is 39.6. The third-order valence-corrected chi connectivity index (χ3v) is 12.3. The van der Waals surface area contributed by atoms with Gasteiger partial charge < -0.3 is 25.0 Å². The van der Waals surface area contributed by atoms with Crippen molar-refractivity contribution in [3.05, 3.63) is 120 Å². The number of rotatable bonds is 17. The van der Waals surface area contributed by atoms with Gasteiger partial charge in [-0.05, 0) is 116 Å². The first-order valence-electron chi connectivity index (χ1n) is 23.0. The number of unbranched alkanes of at least 4 members (excludes halogenated alkanes) is 1. The fraction of sp³-hybridized carbons (Fsp3) is 0.365. The second kappa shape index (κ2) is 21.0. The topological polar surface area (TPSA) is 190 Å². The number of anilines is 2. The van der Waals surface area contributed by atoms with Crippen molar-refractivity contribution in [3.8, 4) is 34.2 Å². The number of H-pyrrole nitrogens is 1. The van der Waals surface area contributed by atoms with Gasteiger partial charge in [0, 0.05) is 31.6 Å². The van der Waals surface area contributed by atoms with E-state index in [1.54, 1.807) is 35.4 Å². The van der Waals surface area contributed by atoms with Gasteiger partial charge in [-0.1, -0.05) is 69.3 Å². The molecule has 15 nitrogen and oxygen atoms in total. The highest BCUT2D eigenvalue weighted by atomic mass is 19.4. The van der Waals surface area contributed by atoms with E-state index in [1.165, 1.54) is 24.8 Å². The first-order valence-corrected chi connectivity index (χ1v) is 23.0. The van der Waals surface area contributed by atoms with Gasteiger partial charge in [-0.25, -0.2) is 9.69 Å². The van der Waals surface area contributed by atoms with E-state index in [4.69, 9.17) is 9.47 Å². The van der Waals surface area contributed by atoms with Gasteiger partial charge in [0.25, 0.3) is 5.91 Å². The molecule has 0 aliphatic carbocycles. The van der Waals surface area contributed by atoms with Crippen LogP contribution in [0.25, 0.3) is 22.4 Å². The van der Waals surface area contributed by atoms with Crippen LogP contribution in [0.3, 0.4) is 0 Å². The van der Waals surface area contributed by atoms with Crippen LogP contribution in [0.2, 0.25) is 0 Å². The Morgan fingerprint density at radius 2 is 1.53 bits per heavy atom. The lowest BCUT2D eigenvalue weighted by Gasteiger charge is -2.35. The SMILES string of the molecule is CC(C)(C)C(NC(=O)COCCCCOc1ccc(-c2ccc(N3C(=O)N(c4ccc(C#N)c(C(F)(F)F)c4)C(=O)C3(C)C)cc2)cc1)C(=O)N1CCC[C@H]1C(=O)NCc1ccc(-c2ccn[nH]2)cc1. The summed E-state index contributed by atoms with van der Waals surface area (Å²) in [5, 5.41) is 21.9. The summed E-state index contributed by atoms with van der Waals surface area (Å²) in [4.78, 5) is 71.0. The smallest absolute Gasteiger partial charge is 0.417 e. The zero-order valence-corrected chi connectivity index (χ0v) is 39.6. The number of hydrogen-bond acceptors (Lipinski definition) is 9. The molecule has 5 aromatic rings. The summed E-state index contributed by atoms with van der Waals surface area (Å²) in [6.45, 7) is 9.79. The fourth-order valence-corrected chi connectivity index (χ4v) is 8.51. The minimum absolute atomic E-state index is 0.236. The van der Waals surface area contributed by atoms with E-state index in [-0.39, 0.29) is 24.1 Å². The number of carbonyl (C=O) groups excluding carboxylic acids is 5. The Bertz CT molecular complexity index is 2730. The second-order valence-corrected chi connectivity index (χ2v) is 18.8. The Hall–Kier alpha value is -7.52. The van der Waals surface area contributed by atoms with Gasteiger partial charge in [-0.2, -0.15) is 23.5 Å². The molecule has 4 aromatic carbocycles. The van der Waals surface area contributed by atoms with Gasteiger partial charge in [-0.3, -0.25) is 29.2 Å². The normalized spacial score (nSPS) is 16.3. The maximum absolute atomic E-state index is 13.9. The third kappa shape index (κ3) is 11.3. The van der Waals surface area contributed by atoms with Gasteiger partial charge >= 0.3 is 12.2 Å². The van der Waals surface area contributed by atoms with Crippen LogP contribution in [0.4, 0.5) is 29.3 Å². The Kier molecular flexibility index (Phi) is 15.1. The Labute approximate surface area is 403 Å². The number of likely N-dealkylation sites (tertiary alicyclic amines) is 1. The van der Waals surface area contributed by atoms with Gasteiger partial charge in [-0.15, -0.1) is 0 Å². The molecule has 366 valence electrons. The van der Waals surface area contributed by atoms with Crippen molar-refractivity contribution in [2.75, 3.05) is 36.2 Å². The summed E-state index contributed by atoms with van der Waals surface area (Å²) in [6.07, 6.45) is -0.733. The lowest BCUT2D eigenvalue weighted by atomic mass is 9.85. The van der Waals surface area contributed by atoms with E-state index in [0.29, 0.717) is 74.4 Å². The monoisotopic (exact) mass is 960 g/mol. The first kappa shape index (κ1) is 50.4. The lowest BCUT2D eigenvalue weighted by Crippen LogP contribution is -2.58. The average molecular weight is 961 g/mol. The number of urea groups is 1. The molecular formula is C52H55F3N8O7. The van der Waals surface area contributed by atoms with Crippen LogP contribution in [0, 0.1) is 16.7 Å². The summed E-state index contributed by atoms with van der Waals surface area (Å²) < 4.78 is 52.7. The summed E-state index contributed by atoms with van der Waals surface area (Å²) in [6, 6.07) is 25.7. The minimum atomic E-state index is -4.87. The van der Waals surface area contributed by atoms with Gasteiger partial charge in [0.15, 0.2) is 0 Å². The molecule has 2 aliphatic heterocycles. The number of ether oxygens (including phenoxy) is 2. The van der Waals surface area contributed by atoms with Crippen molar-refractivity contribution >= 4 is 41.0 Å². The number of nitrogens with zero attached hydrogens (tertiary/aromatic N) is 5. The van der Waals surface area contributed by atoms with E-state index in [1.807, 2.05) is 75.4 Å². The molecule has 0 radical (unpaired) electrons. The fourth-order valence-electron chi connectivity index (χ4n) is 8.51. The average Bonchev–Trinajstić information content (AvgIpc) is 4.09. The Morgan fingerprint density at radius 3 is 2.16 bits per heavy atom. The molecule has 0 bridgehead atoms. The number of nitrogens with one attached hydrogen (secondary N) is 3. The van der Waals surface area contributed by atoms with Crippen LogP contribution in [-0.4, -0.2) is 88.7 Å². The van der Waals surface area contributed by atoms with E-state index in [9.17, 15) is 42.4 Å². The van der Waals surface area contributed by atoms with E-state index >= 15 is 0 Å². The van der Waals surface area contributed by atoms with Crippen molar-refractivity contribution in [3.63, 3.8) is 0 Å². The first-order chi connectivity index (χ1) is 33.3. The molecule has 2 atom stereocenters. The molecule has 2 saturated heterocycles. The highest BCUT2D eigenvalue weighted by Gasteiger charge is 2.53. The van der Waals surface area contributed by atoms with Gasteiger partial charge in [0.2, 0.25) is 17.7 Å². The number of amides is 6. The van der Waals surface area contributed by atoms with Crippen LogP contribution in [0.1, 0.15) is 77.0 Å². The summed E-state index contributed by atoms with van der Waals surface area (Å²) in [7, 11) is 0. The molecule has 3 N–H and O–H groups in total. The van der Waals surface area contributed by atoms with Crippen LogP contribution in [0.5, 0.6) is 5.75 Å².